The van der Waals surface area contributed by atoms with Crippen molar-refractivity contribution in [2.75, 3.05) is 24.3 Å². The average molecular weight is 491 g/mol. The second kappa shape index (κ2) is 9.41. The maximum atomic E-state index is 12.8. The average Bonchev–Trinajstić information content (AvgIpc) is 3.50. The van der Waals surface area contributed by atoms with Crippen LogP contribution in [-0.2, 0) is 20.0 Å². The molecule has 1 saturated heterocycles. The minimum absolute atomic E-state index is 0.0624. The number of benzene rings is 1. The number of aromatic nitrogens is 3. The van der Waals surface area contributed by atoms with Crippen molar-refractivity contribution in [3.63, 3.8) is 0 Å². The standard InChI is InChI=1S/C24H34N4O3S2/c1-24(2,3)18-11-9-17(10-12-18)22-25-26-23(28(22)19-7-5-6-8-19)32-15-21(29)27(4)20-13-14-33(30,31)16-20/h9-12,19-20H,5-8,13-16H2,1-4H3/t20-/m1/s1. The molecule has 180 valence electrons. The topological polar surface area (TPSA) is 85.2 Å². The van der Waals surface area contributed by atoms with Gasteiger partial charge in [0, 0.05) is 24.7 Å². The maximum absolute atomic E-state index is 12.8. The Morgan fingerprint density at radius 2 is 1.79 bits per heavy atom. The minimum atomic E-state index is -3.03. The molecule has 1 atom stereocenters. The fraction of sp³-hybridized carbons (Fsp3) is 0.625. The lowest BCUT2D eigenvalue weighted by Gasteiger charge is -2.23. The third kappa shape index (κ3) is 5.45. The summed E-state index contributed by atoms with van der Waals surface area (Å²) in [5.41, 5.74) is 2.40. The first kappa shape index (κ1) is 24.3. The van der Waals surface area contributed by atoms with Crippen LogP contribution in [0.25, 0.3) is 11.4 Å². The van der Waals surface area contributed by atoms with Crippen LogP contribution in [0.2, 0.25) is 0 Å². The Kier molecular flexibility index (Phi) is 6.92. The van der Waals surface area contributed by atoms with E-state index < -0.39 is 9.84 Å². The monoisotopic (exact) mass is 490 g/mol. The molecule has 2 fully saturated rings. The number of carbonyl (C=O) groups is 1. The molecule has 0 bridgehead atoms. The van der Waals surface area contributed by atoms with Crippen molar-refractivity contribution in [3.05, 3.63) is 29.8 Å². The second-order valence-corrected chi connectivity index (χ2v) is 13.5. The van der Waals surface area contributed by atoms with E-state index >= 15 is 0 Å². The third-order valence-corrected chi connectivity index (χ3v) is 9.52. The quantitative estimate of drug-likeness (QED) is 0.567. The van der Waals surface area contributed by atoms with Gasteiger partial charge in [0.05, 0.1) is 17.3 Å². The van der Waals surface area contributed by atoms with Crippen molar-refractivity contribution in [2.45, 2.75) is 75.5 Å². The van der Waals surface area contributed by atoms with Crippen LogP contribution in [0, 0.1) is 0 Å². The number of rotatable bonds is 6. The zero-order valence-corrected chi connectivity index (χ0v) is 21.6. The lowest BCUT2D eigenvalue weighted by Crippen LogP contribution is -2.38. The first-order valence-corrected chi connectivity index (χ1v) is 14.5. The lowest BCUT2D eigenvalue weighted by molar-refractivity contribution is -0.128. The summed E-state index contributed by atoms with van der Waals surface area (Å²) in [7, 11) is -1.32. The largest absolute Gasteiger partial charge is 0.341 e. The van der Waals surface area contributed by atoms with Gasteiger partial charge in [0.2, 0.25) is 5.91 Å². The van der Waals surface area contributed by atoms with Gasteiger partial charge in [-0.1, -0.05) is 69.6 Å². The molecule has 1 amide bonds. The van der Waals surface area contributed by atoms with E-state index in [9.17, 15) is 13.2 Å². The summed E-state index contributed by atoms with van der Waals surface area (Å²) in [6.45, 7) is 6.60. The first-order valence-electron chi connectivity index (χ1n) is 11.7. The van der Waals surface area contributed by atoms with Crippen molar-refractivity contribution < 1.29 is 13.2 Å². The van der Waals surface area contributed by atoms with Crippen LogP contribution in [0.3, 0.4) is 0 Å². The van der Waals surface area contributed by atoms with Gasteiger partial charge in [0.1, 0.15) is 0 Å². The molecule has 7 nitrogen and oxygen atoms in total. The SMILES string of the molecule is CN(C(=O)CSc1nnc(-c2ccc(C(C)(C)C)cc2)n1C1CCCC1)[C@@H]1CCS(=O)(=O)C1. The van der Waals surface area contributed by atoms with E-state index in [1.54, 1.807) is 11.9 Å². The molecule has 0 radical (unpaired) electrons. The van der Waals surface area contributed by atoms with Gasteiger partial charge >= 0.3 is 0 Å². The molecule has 1 aliphatic carbocycles. The van der Waals surface area contributed by atoms with Gasteiger partial charge in [-0.15, -0.1) is 10.2 Å². The van der Waals surface area contributed by atoms with Crippen molar-refractivity contribution in [1.29, 1.82) is 0 Å². The summed E-state index contributed by atoms with van der Waals surface area (Å²) >= 11 is 1.40. The summed E-state index contributed by atoms with van der Waals surface area (Å²) in [6.07, 6.45) is 5.07. The number of thioether (sulfide) groups is 1. The molecule has 2 aromatic rings. The predicted octanol–water partition coefficient (Wildman–Crippen LogP) is 4.10. The van der Waals surface area contributed by atoms with E-state index in [2.05, 4.69) is 59.8 Å². The van der Waals surface area contributed by atoms with Crippen molar-refractivity contribution in [2.24, 2.45) is 0 Å². The Labute approximate surface area is 201 Å². The lowest BCUT2D eigenvalue weighted by atomic mass is 9.86. The Morgan fingerprint density at radius 3 is 2.36 bits per heavy atom. The summed E-state index contributed by atoms with van der Waals surface area (Å²) < 4.78 is 25.8. The van der Waals surface area contributed by atoms with Crippen LogP contribution in [0.1, 0.15) is 64.5 Å². The van der Waals surface area contributed by atoms with Gasteiger partial charge in [-0.25, -0.2) is 8.42 Å². The third-order valence-electron chi connectivity index (χ3n) is 6.84. The molecule has 0 N–H and O–H groups in total. The fourth-order valence-corrected chi connectivity index (χ4v) is 7.40. The first-order chi connectivity index (χ1) is 15.5. The molecule has 1 aromatic heterocycles. The molecule has 2 heterocycles. The summed E-state index contributed by atoms with van der Waals surface area (Å²) in [6, 6.07) is 8.65. The highest BCUT2D eigenvalue weighted by molar-refractivity contribution is 7.99. The molecule has 0 unspecified atom stereocenters. The number of nitrogens with zero attached hydrogens (tertiary/aromatic N) is 4. The van der Waals surface area contributed by atoms with E-state index in [1.165, 1.54) is 30.2 Å². The molecular weight excluding hydrogens is 456 g/mol. The van der Waals surface area contributed by atoms with E-state index in [0.717, 1.165) is 29.4 Å². The second-order valence-electron chi connectivity index (χ2n) is 10.3. The highest BCUT2D eigenvalue weighted by atomic mass is 32.2. The highest BCUT2D eigenvalue weighted by Gasteiger charge is 2.33. The van der Waals surface area contributed by atoms with Crippen molar-refractivity contribution in [3.8, 4) is 11.4 Å². The van der Waals surface area contributed by atoms with Gasteiger partial charge in [-0.3, -0.25) is 9.36 Å². The van der Waals surface area contributed by atoms with Gasteiger partial charge in [0.15, 0.2) is 20.8 Å². The Morgan fingerprint density at radius 1 is 1.12 bits per heavy atom. The zero-order chi connectivity index (χ0) is 23.8. The molecule has 1 saturated carbocycles. The maximum Gasteiger partial charge on any atom is 0.233 e. The molecule has 33 heavy (non-hydrogen) atoms. The Balaban J connectivity index is 1.53. The summed E-state index contributed by atoms with van der Waals surface area (Å²) in [5.74, 6) is 1.23. The molecule has 9 heteroatoms. The number of carbonyl (C=O) groups excluding carboxylic acids is 1. The number of hydrogen-bond acceptors (Lipinski definition) is 6. The Bertz CT molecular complexity index is 1100. The van der Waals surface area contributed by atoms with E-state index in [0.29, 0.717) is 12.5 Å². The molecule has 2 aliphatic rings. The smallest absolute Gasteiger partial charge is 0.233 e. The predicted molar refractivity (Wildman–Crippen MR) is 132 cm³/mol. The molecule has 1 aliphatic heterocycles. The van der Waals surface area contributed by atoms with Crippen molar-refractivity contribution >= 4 is 27.5 Å². The van der Waals surface area contributed by atoms with Crippen LogP contribution in [0.4, 0.5) is 0 Å². The van der Waals surface area contributed by atoms with Crippen LogP contribution < -0.4 is 0 Å². The fourth-order valence-electron chi connectivity index (χ4n) is 4.70. The molecular formula is C24H34N4O3S2. The summed E-state index contributed by atoms with van der Waals surface area (Å²) in [5, 5.41) is 9.76. The van der Waals surface area contributed by atoms with Crippen LogP contribution in [-0.4, -0.2) is 64.3 Å². The van der Waals surface area contributed by atoms with Gasteiger partial charge in [-0.05, 0) is 30.2 Å². The summed E-state index contributed by atoms with van der Waals surface area (Å²) in [4.78, 5) is 14.4. The van der Waals surface area contributed by atoms with Crippen LogP contribution in [0.15, 0.2) is 29.4 Å². The highest BCUT2D eigenvalue weighted by Crippen LogP contribution is 2.37. The number of hydrogen-bond donors (Lipinski definition) is 0. The van der Waals surface area contributed by atoms with Crippen LogP contribution >= 0.6 is 11.8 Å². The number of amides is 1. The van der Waals surface area contributed by atoms with Gasteiger partial charge in [-0.2, -0.15) is 0 Å². The zero-order valence-electron chi connectivity index (χ0n) is 20.0. The molecule has 0 spiro atoms. The molecule has 4 rings (SSSR count). The van der Waals surface area contributed by atoms with Crippen LogP contribution in [0.5, 0.6) is 0 Å². The Hall–Kier alpha value is -1.87. The minimum Gasteiger partial charge on any atom is -0.341 e. The number of sulfone groups is 1. The van der Waals surface area contributed by atoms with E-state index in [4.69, 9.17) is 0 Å². The van der Waals surface area contributed by atoms with E-state index in [-0.39, 0.29) is 34.6 Å². The molecule has 1 aromatic carbocycles. The van der Waals surface area contributed by atoms with Gasteiger partial charge in [0.25, 0.3) is 0 Å². The van der Waals surface area contributed by atoms with Crippen molar-refractivity contribution in [1.82, 2.24) is 19.7 Å². The normalized spacial score (nSPS) is 20.9. The van der Waals surface area contributed by atoms with E-state index in [1.807, 2.05) is 0 Å². The van der Waals surface area contributed by atoms with Gasteiger partial charge < -0.3 is 4.90 Å².